The normalized spacial score (nSPS) is 15.3. The molecule has 0 radical (unpaired) electrons. The molecule has 296 valence electrons. The highest BCUT2D eigenvalue weighted by Gasteiger charge is 2.33. The highest BCUT2D eigenvalue weighted by molar-refractivity contribution is 5.95. The first-order chi connectivity index (χ1) is 26.5. The molecule has 1 heterocycles. The van der Waals surface area contributed by atoms with Crippen LogP contribution in [-0.2, 0) is 32.0 Å². The minimum atomic E-state index is -1.01. The second-order valence-corrected chi connectivity index (χ2v) is 14.6. The van der Waals surface area contributed by atoms with Gasteiger partial charge in [0.15, 0.2) is 0 Å². The maximum Gasteiger partial charge on any atom is 0.319 e. The van der Waals surface area contributed by atoms with Gasteiger partial charge < -0.3 is 43.0 Å². The van der Waals surface area contributed by atoms with E-state index in [9.17, 15) is 24.0 Å². The lowest BCUT2D eigenvalue weighted by molar-refractivity contribution is -0.138. The van der Waals surface area contributed by atoms with E-state index in [1.54, 1.807) is 4.90 Å². The summed E-state index contributed by atoms with van der Waals surface area (Å²) < 4.78 is 0. The van der Waals surface area contributed by atoms with E-state index >= 15 is 0 Å². The molecule has 4 rings (SSSR count). The first kappa shape index (κ1) is 42.5. The van der Waals surface area contributed by atoms with Crippen molar-refractivity contribution in [1.29, 1.82) is 0 Å². The number of unbranched alkanes of at least 4 members (excludes halogenated alkanes) is 1. The minimum absolute atomic E-state index is 0.0227. The summed E-state index contributed by atoms with van der Waals surface area (Å²) in [5, 5.41) is 14.5. The zero-order valence-corrected chi connectivity index (χ0v) is 32.0. The second-order valence-electron chi connectivity index (χ2n) is 14.6. The van der Waals surface area contributed by atoms with Crippen molar-refractivity contribution in [2.24, 2.45) is 17.4 Å². The number of piperidine rings is 1. The Kier molecular flexibility index (Phi) is 17.1. The molecule has 0 spiro atoms. The van der Waals surface area contributed by atoms with Gasteiger partial charge in [0, 0.05) is 31.2 Å². The predicted octanol–water partition coefficient (Wildman–Crippen LogP) is 3.24. The van der Waals surface area contributed by atoms with E-state index in [1.165, 1.54) is 0 Å². The number of benzene rings is 3. The molecule has 1 aliphatic rings. The highest BCUT2D eigenvalue weighted by Crippen LogP contribution is 2.16. The number of para-hydroxylation sites is 1. The number of amides is 6. The van der Waals surface area contributed by atoms with Gasteiger partial charge >= 0.3 is 6.03 Å². The van der Waals surface area contributed by atoms with Gasteiger partial charge in [-0.1, -0.05) is 92.7 Å². The van der Waals surface area contributed by atoms with Crippen LogP contribution in [0.3, 0.4) is 0 Å². The Labute approximate surface area is 324 Å². The van der Waals surface area contributed by atoms with Gasteiger partial charge in [0.05, 0.1) is 6.04 Å². The average Bonchev–Trinajstić information content (AvgIpc) is 3.18. The molecule has 0 aromatic heterocycles. The number of nitrogens with zero attached hydrogens (tertiary/aromatic N) is 1. The van der Waals surface area contributed by atoms with E-state index in [0.29, 0.717) is 70.3 Å². The number of hydrogen-bond acceptors (Lipinski definition) is 7. The number of rotatable bonds is 19. The fraction of sp³-hybridized carbons (Fsp3) is 0.452. The second kappa shape index (κ2) is 22.2. The van der Waals surface area contributed by atoms with Crippen LogP contribution >= 0.6 is 0 Å². The Morgan fingerprint density at radius 3 is 1.80 bits per heavy atom. The van der Waals surface area contributed by atoms with Crippen molar-refractivity contribution in [1.82, 2.24) is 26.2 Å². The third kappa shape index (κ3) is 14.5. The maximum absolute atomic E-state index is 14.0. The highest BCUT2D eigenvalue weighted by atomic mass is 16.2. The largest absolute Gasteiger partial charge is 0.343 e. The van der Waals surface area contributed by atoms with Crippen molar-refractivity contribution < 1.29 is 24.0 Å². The van der Waals surface area contributed by atoms with Crippen LogP contribution in [0.25, 0.3) is 0 Å². The standard InChI is InChI=1S/C42H58N8O5/c1-29(2)26-36(49-40(53)37(28-31-16-8-4-9-17-31)48-38(51)34(44)27-30-14-6-3-7-15-30)39(52)47-35(20-12-13-23-43)41(54)50-24-21-33(22-25-50)46-42(55)45-32-18-10-5-11-19-32/h3-11,14-19,29,33-37H,12-13,20-28,43-44H2,1-2H3,(H,47,52)(H,48,51)(H,49,53)(H2,45,46,55)/t34-,35-,36-,37-/m1/s1. The Bertz CT molecular complexity index is 1650. The van der Waals surface area contributed by atoms with Crippen molar-refractivity contribution in [3.63, 3.8) is 0 Å². The molecular weight excluding hydrogens is 697 g/mol. The number of urea groups is 1. The zero-order valence-electron chi connectivity index (χ0n) is 32.0. The molecule has 1 fully saturated rings. The zero-order chi connectivity index (χ0) is 39.6. The summed E-state index contributed by atoms with van der Waals surface area (Å²) in [6, 6.07) is 23.8. The van der Waals surface area contributed by atoms with Gasteiger partial charge in [-0.3, -0.25) is 19.2 Å². The van der Waals surface area contributed by atoms with Gasteiger partial charge in [0.25, 0.3) is 0 Å². The fourth-order valence-electron chi connectivity index (χ4n) is 6.63. The molecule has 0 saturated carbocycles. The minimum Gasteiger partial charge on any atom is -0.343 e. The smallest absolute Gasteiger partial charge is 0.319 e. The van der Waals surface area contributed by atoms with Crippen molar-refractivity contribution in [3.05, 3.63) is 102 Å². The van der Waals surface area contributed by atoms with Crippen LogP contribution < -0.4 is 38.1 Å². The topological polar surface area (TPSA) is 201 Å². The van der Waals surface area contributed by atoms with Crippen LogP contribution in [0.5, 0.6) is 0 Å². The van der Waals surface area contributed by atoms with Crippen molar-refractivity contribution in [2.45, 2.75) is 95.4 Å². The quantitative estimate of drug-likeness (QED) is 0.0911. The van der Waals surface area contributed by atoms with Gasteiger partial charge in [-0.25, -0.2) is 4.79 Å². The molecule has 0 aliphatic carbocycles. The molecule has 1 aliphatic heterocycles. The summed E-state index contributed by atoms with van der Waals surface area (Å²) in [5.41, 5.74) is 14.5. The lowest BCUT2D eigenvalue weighted by Crippen LogP contribution is -2.59. The van der Waals surface area contributed by atoms with E-state index in [1.807, 2.05) is 105 Å². The molecule has 0 unspecified atom stereocenters. The molecule has 0 bridgehead atoms. The molecule has 3 aromatic rings. The lowest BCUT2D eigenvalue weighted by atomic mass is 9.99. The molecule has 55 heavy (non-hydrogen) atoms. The Morgan fingerprint density at radius 1 is 0.691 bits per heavy atom. The molecule has 9 N–H and O–H groups in total. The molecule has 13 heteroatoms. The van der Waals surface area contributed by atoms with Gasteiger partial charge in [-0.05, 0) is 80.7 Å². The number of carbonyl (C=O) groups excluding carboxylic acids is 5. The molecule has 3 aromatic carbocycles. The third-order valence-corrected chi connectivity index (χ3v) is 9.63. The summed E-state index contributed by atoms with van der Waals surface area (Å²) >= 11 is 0. The molecule has 6 amide bonds. The number of carbonyl (C=O) groups is 5. The van der Waals surface area contributed by atoms with Crippen LogP contribution in [0.4, 0.5) is 10.5 Å². The Hall–Kier alpha value is -5.27. The Morgan fingerprint density at radius 2 is 1.22 bits per heavy atom. The number of likely N-dealkylation sites (tertiary alicyclic amines) is 1. The number of hydrogen-bond donors (Lipinski definition) is 7. The summed E-state index contributed by atoms with van der Waals surface area (Å²) in [7, 11) is 0. The first-order valence-corrected chi connectivity index (χ1v) is 19.4. The van der Waals surface area contributed by atoms with E-state index in [2.05, 4.69) is 26.6 Å². The fourth-order valence-corrected chi connectivity index (χ4v) is 6.63. The summed E-state index contributed by atoms with van der Waals surface area (Å²) in [4.78, 5) is 69.5. The predicted molar refractivity (Wildman–Crippen MR) is 215 cm³/mol. The number of nitrogens with two attached hydrogens (primary N) is 2. The van der Waals surface area contributed by atoms with E-state index in [-0.39, 0.29) is 30.3 Å². The average molecular weight is 755 g/mol. The molecule has 13 nitrogen and oxygen atoms in total. The number of anilines is 1. The van der Waals surface area contributed by atoms with E-state index < -0.39 is 41.9 Å². The van der Waals surface area contributed by atoms with E-state index in [4.69, 9.17) is 11.5 Å². The maximum atomic E-state index is 14.0. The van der Waals surface area contributed by atoms with Crippen LogP contribution in [0.2, 0.25) is 0 Å². The van der Waals surface area contributed by atoms with Crippen LogP contribution in [0, 0.1) is 5.92 Å². The monoisotopic (exact) mass is 754 g/mol. The molecule has 4 atom stereocenters. The molecule has 1 saturated heterocycles. The van der Waals surface area contributed by atoms with Crippen molar-refractivity contribution >= 4 is 35.3 Å². The van der Waals surface area contributed by atoms with Crippen LogP contribution in [0.1, 0.15) is 63.5 Å². The van der Waals surface area contributed by atoms with E-state index in [0.717, 1.165) is 11.1 Å². The van der Waals surface area contributed by atoms with Crippen LogP contribution in [-0.4, -0.2) is 84.4 Å². The first-order valence-electron chi connectivity index (χ1n) is 19.4. The lowest BCUT2D eigenvalue weighted by Gasteiger charge is -2.35. The third-order valence-electron chi connectivity index (χ3n) is 9.63. The van der Waals surface area contributed by atoms with Crippen LogP contribution in [0.15, 0.2) is 91.0 Å². The number of nitrogens with one attached hydrogen (secondary N) is 5. The van der Waals surface area contributed by atoms with Gasteiger partial charge in [-0.15, -0.1) is 0 Å². The van der Waals surface area contributed by atoms with Gasteiger partial charge in [0.2, 0.25) is 23.6 Å². The van der Waals surface area contributed by atoms with Crippen molar-refractivity contribution in [2.75, 3.05) is 25.0 Å². The summed E-state index contributed by atoms with van der Waals surface area (Å²) in [6.45, 7) is 5.17. The summed E-state index contributed by atoms with van der Waals surface area (Å²) in [6.07, 6.45) is 3.60. The summed E-state index contributed by atoms with van der Waals surface area (Å²) in [5.74, 6) is -1.68. The SMILES string of the molecule is CC(C)C[C@@H](NC(=O)[C@@H](Cc1ccccc1)NC(=O)[C@H](N)Cc1ccccc1)C(=O)N[C@H](CCCCN)C(=O)N1CCC(NC(=O)Nc2ccccc2)CC1. The van der Waals surface area contributed by atoms with Gasteiger partial charge in [0.1, 0.15) is 18.1 Å². The Balaban J connectivity index is 1.41. The van der Waals surface area contributed by atoms with Crippen molar-refractivity contribution in [3.8, 4) is 0 Å². The van der Waals surface area contributed by atoms with Gasteiger partial charge in [-0.2, -0.15) is 0 Å². The molecular formula is C42H58N8O5.